The number of rotatable bonds is 3. The second kappa shape index (κ2) is 6.11. The average molecular weight is 332 g/mol. The molecule has 0 spiro atoms. The van der Waals surface area contributed by atoms with Crippen molar-refractivity contribution in [2.24, 2.45) is 0 Å². The van der Waals surface area contributed by atoms with Crippen LogP contribution in [0.25, 0.3) is 11.1 Å². The van der Waals surface area contributed by atoms with Crippen molar-refractivity contribution in [1.29, 1.82) is 0 Å². The van der Waals surface area contributed by atoms with Crippen molar-refractivity contribution in [2.45, 2.75) is 39.5 Å². The Morgan fingerprint density at radius 1 is 1.00 bits per heavy atom. The summed E-state index contributed by atoms with van der Waals surface area (Å²) in [7, 11) is 0. The zero-order valence-electron chi connectivity index (χ0n) is 15.3. The van der Waals surface area contributed by atoms with Crippen LogP contribution in [0.1, 0.15) is 53.5 Å². The average Bonchev–Trinajstić information content (AvgIpc) is 3.25. The van der Waals surface area contributed by atoms with Gasteiger partial charge in [-0.15, -0.1) is 0 Å². The van der Waals surface area contributed by atoms with E-state index in [0.29, 0.717) is 18.4 Å². The first-order valence-corrected chi connectivity index (χ1v) is 8.95. The number of aryl methyl sites for hydroxylation is 2. The number of hydrogen-bond donors (Lipinski definition) is 0. The maximum absolute atomic E-state index is 6.22. The fraction of sp³-hybridized carbons (Fsp3) is 0.304. The van der Waals surface area contributed by atoms with Crippen LogP contribution in [-0.2, 0) is 0 Å². The largest absolute Gasteiger partial charge is 0.492 e. The van der Waals surface area contributed by atoms with E-state index >= 15 is 0 Å². The number of fused-ring (bicyclic) bond motifs is 1. The molecule has 25 heavy (non-hydrogen) atoms. The Morgan fingerprint density at radius 3 is 2.40 bits per heavy atom. The Labute approximate surface area is 149 Å². The summed E-state index contributed by atoms with van der Waals surface area (Å²) in [5, 5.41) is 0. The van der Waals surface area contributed by atoms with Crippen LogP contribution in [0.2, 0.25) is 0 Å². The summed E-state index contributed by atoms with van der Waals surface area (Å²) in [5.74, 6) is 1.87. The van der Waals surface area contributed by atoms with Crippen molar-refractivity contribution in [2.75, 3.05) is 6.61 Å². The van der Waals surface area contributed by atoms with Crippen LogP contribution in [-0.4, -0.2) is 6.61 Å². The van der Waals surface area contributed by atoms with E-state index in [-0.39, 0.29) is 0 Å². The molecule has 1 aliphatic rings. The lowest BCUT2D eigenvalue weighted by Gasteiger charge is -2.16. The molecule has 2 aromatic carbocycles. The van der Waals surface area contributed by atoms with E-state index in [2.05, 4.69) is 58.0 Å². The fourth-order valence-electron chi connectivity index (χ4n) is 3.94. The predicted molar refractivity (Wildman–Crippen MR) is 101 cm³/mol. The Morgan fingerprint density at radius 2 is 1.76 bits per heavy atom. The predicted octanol–water partition coefficient (Wildman–Crippen LogP) is 6.21. The van der Waals surface area contributed by atoms with Gasteiger partial charge in [-0.1, -0.05) is 44.2 Å². The molecule has 0 fully saturated rings. The minimum atomic E-state index is 0.294. The van der Waals surface area contributed by atoms with Gasteiger partial charge in [-0.05, 0) is 48.1 Å². The lowest BCUT2D eigenvalue weighted by molar-refractivity contribution is 0.344. The van der Waals surface area contributed by atoms with Gasteiger partial charge in [0.25, 0.3) is 0 Å². The van der Waals surface area contributed by atoms with Crippen LogP contribution >= 0.6 is 0 Å². The molecule has 0 bridgehead atoms. The van der Waals surface area contributed by atoms with Crippen LogP contribution in [0.4, 0.5) is 0 Å². The summed E-state index contributed by atoms with van der Waals surface area (Å²) in [6, 6.07) is 13.3. The van der Waals surface area contributed by atoms with Gasteiger partial charge in [0.2, 0.25) is 0 Å². The summed E-state index contributed by atoms with van der Waals surface area (Å²) >= 11 is 0. The van der Waals surface area contributed by atoms with Crippen molar-refractivity contribution < 1.29 is 9.15 Å². The molecule has 2 heteroatoms. The number of hydrogen-bond acceptors (Lipinski definition) is 2. The van der Waals surface area contributed by atoms with Crippen molar-refractivity contribution in [3.05, 3.63) is 76.7 Å². The molecule has 1 aromatic heterocycles. The van der Waals surface area contributed by atoms with Gasteiger partial charge in [0, 0.05) is 22.6 Å². The minimum absolute atomic E-state index is 0.294. The summed E-state index contributed by atoms with van der Waals surface area (Å²) in [6.45, 7) is 9.49. The zero-order valence-corrected chi connectivity index (χ0v) is 15.3. The van der Waals surface area contributed by atoms with Gasteiger partial charge in [0.1, 0.15) is 5.75 Å². The van der Waals surface area contributed by atoms with Crippen LogP contribution in [0.5, 0.6) is 5.75 Å². The molecule has 0 aliphatic carbocycles. The van der Waals surface area contributed by atoms with Crippen LogP contribution in [0.15, 0.2) is 53.3 Å². The zero-order chi connectivity index (χ0) is 17.6. The maximum atomic E-state index is 6.22. The van der Waals surface area contributed by atoms with E-state index in [4.69, 9.17) is 9.15 Å². The second-order valence-corrected chi connectivity index (χ2v) is 7.33. The second-order valence-electron chi connectivity index (χ2n) is 7.33. The first-order chi connectivity index (χ1) is 12.1. The molecular weight excluding hydrogens is 308 g/mol. The summed E-state index contributed by atoms with van der Waals surface area (Å²) < 4.78 is 11.5. The van der Waals surface area contributed by atoms with Gasteiger partial charge in [0.05, 0.1) is 19.1 Å². The van der Waals surface area contributed by atoms with E-state index in [0.717, 1.165) is 16.9 Å². The van der Waals surface area contributed by atoms with Gasteiger partial charge in [-0.25, -0.2) is 0 Å². The molecule has 0 saturated carbocycles. The van der Waals surface area contributed by atoms with Gasteiger partial charge in [0.15, 0.2) is 0 Å². The van der Waals surface area contributed by atoms with E-state index < -0.39 is 0 Å². The summed E-state index contributed by atoms with van der Waals surface area (Å²) in [6.07, 6.45) is 3.52. The molecule has 3 aromatic rings. The summed E-state index contributed by atoms with van der Waals surface area (Å²) in [5.41, 5.74) is 8.80. The third-order valence-corrected chi connectivity index (χ3v) is 5.28. The topological polar surface area (TPSA) is 22.4 Å². The molecule has 1 aliphatic heterocycles. The van der Waals surface area contributed by atoms with Gasteiger partial charge in [-0.3, -0.25) is 0 Å². The molecule has 0 amide bonds. The highest BCUT2D eigenvalue weighted by Crippen LogP contribution is 2.47. The van der Waals surface area contributed by atoms with Gasteiger partial charge < -0.3 is 9.15 Å². The number of benzene rings is 2. The Balaban J connectivity index is 1.81. The third kappa shape index (κ3) is 2.66. The fourth-order valence-corrected chi connectivity index (χ4v) is 3.94. The van der Waals surface area contributed by atoms with Crippen LogP contribution < -0.4 is 4.74 Å². The van der Waals surface area contributed by atoms with Crippen LogP contribution in [0.3, 0.4) is 0 Å². The van der Waals surface area contributed by atoms with Crippen molar-refractivity contribution in [3.63, 3.8) is 0 Å². The first kappa shape index (κ1) is 16.0. The van der Waals surface area contributed by atoms with Gasteiger partial charge in [-0.2, -0.15) is 0 Å². The Kier molecular flexibility index (Phi) is 3.91. The van der Waals surface area contributed by atoms with E-state index in [1.807, 2.05) is 6.07 Å². The molecule has 0 saturated heterocycles. The summed E-state index contributed by atoms with van der Waals surface area (Å²) in [4.78, 5) is 0. The smallest absolute Gasteiger partial charge is 0.131 e. The molecule has 1 unspecified atom stereocenters. The van der Waals surface area contributed by atoms with E-state index in [1.165, 1.54) is 27.8 Å². The lowest BCUT2D eigenvalue weighted by atomic mass is 9.86. The molecule has 0 N–H and O–H groups in total. The lowest BCUT2D eigenvalue weighted by Crippen LogP contribution is -2.04. The van der Waals surface area contributed by atoms with Crippen molar-refractivity contribution in [1.82, 2.24) is 0 Å². The quantitative estimate of drug-likeness (QED) is 0.569. The third-order valence-electron chi connectivity index (χ3n) is 5.28. The molecular formula is C23H24O2. The van der Waals surface area contributed by atoms with Crippen LogP contribution in [0, 0.1) is 13.8 Å². The molecule has 2 nitrogen and oxygen atoms in total. The highest BCUT2D eigenvalue weighted by Gasteiger charge is 2.31. The van der Waals surface area contributed by atoms with E-state index in [9.17, 15) is 0 Å². The normalized spacial score (nSPS) is 16.1. The highest BCUT2D eigenvalue weighted by atomic mass is 16.5. The molecule has 4 rings (SSSR count). The van der Waals surface area contributed by atoms with Crippen molar-refractivity contribution in [3.8, 4) is 16.9 Å². The first-order valence-electron chi connectivity index (χ1n) is 8.95. The van der Waals surface area contributed by atoms with Crippen molar-refractivity contribution >= 4 is 0 Å². The maximum Gasteiger partial charge on any atom is 0.131 e. The van der Waals surface area contributed by atoms with Gasteiger partial charge >= 0.3 is 0 Å². The molecule has 128 valence electrons. The Hall–Kier alpha value is -2.48. The standard InChI is InChI=1S/C23H24O2/c1-14(2)17-5-7-18(8-6-17)20-13-25-23-21(19-9-10-24-12-19)15(3)11-16(4)22(20)23/h5-12,14,20H,13H2,1-4H3. The molecule has 2 heterocycles. The SMILES string of the molecule is Cc1cc(C)c2c(c1-c1ccoc1)OCC2c1ccc(C(C)C)cc1. The number of ether oxygens (including phenoxy) is 1. The molecule has 0 radical (unpaired) electrons. The number of furan rings is 1. The Bertz CT molecular complexity index is 887. The molecule has 1 atom stereocenters. The minimum Gasteiger partial charge on any atom is -0.492 e. The highest BCUT2D eigenvalue weighted by molar-refractivity contribution is 5.77. The van der Waals surface area contributed by atoms with E-state index in [1.54, 1.807) is 12.5 Å². The monoisotopic (exact) mass is 332 g/mol.